The summed E-state index contributed by atoms with van der Waals surface area (Å²) >= 11 is 0. The Morgan fingerprint density at radius 3 is 2.50 bits per heavy atom. The molecule has 0 aromatic heterocycles. The van der Waals surface area contributed by atoms with E-state index in [-0.39, 0.29) is 0 Å². The van der Waals surface area contributed by atoms with Crippen LogP contribution in [0.2, 0.25) is 0 Å². The molecular formula is C10H16. The van der Waals surface area contributed by atoms with E-state index >= 15 is 0 Å². The smallest absolute Gasteiger partial charge is 0.0111 e. The molecule has 3 aliphatic carbocycles. The maximum atomic E-state index is 2.46. The fourth-order valence-electron chi connectivity index (χ4n) is 2.61. The molecule has 0 aliphatic heterocycles. The Labute approximate surface area is 63.3 Å². The summed E-state index contributed by atoms with van der Waals surface area (Å²) in [5.74, 6) is 1.93. The molecule has 1 fully saturated rings. The van der Waals surface area contributed by atoms with Crippen LogP contribution in [0, 0.1) is 17.3 Å². The van der Waals surface area contributed by atoms with Crippen molar-refractivity contribution in [2.24, 2.45) is 17.3 Å². The molecule has 1 saturated carbocycles. The van der Waals surface area contributed by atoms with Gasteiger partial charge in [0.1, 0.15) is 0 Å². The van der Waals surface area contributed by atoms with E-state index < -0.39 is 0 Å². The van der Waals surface area contributed by atoms with Crippen molar-refractivity contribution >= 4 is 0 Å². The Morgan fingerprint density at radius 1 is 1.50 bits per heavy atom. The third kappa shape index (κ3) is 0.574. The Bertz CT molecular complexity index is 186. The van der Waals surface area contributed by atoms with E-state index in [4.69, 9.17) is 0 Å². The molecule has 0 heteroatoms. The minimum Gasteiger partial charge on any atom is -0.0845 e. The van der Waals surface area contributed by atoms with Crippen molar-refractivity contribution in [1.82, 2.24) is 0 Å². The van der Waals surface area contributed by atoms with Crippen molar-refractivity contribution in [3.63, 3.8) is 0 Å². The molecule has 10 heavy (non-hydrogen) atoms. The molecule has 1 unspecified atom stereocenters. The lowest BCUT2D eigenvalue weighted by molar-refractivity contribution is 0.0870. The van der Waals surface area contributed by atoms with E-state index in [0.717, 1.165) is 11.8 Å². The van der Waals surface area contributed by atoms with Crippen LogP contribution in [0.1, 0.15) is 33.6 Å². The predicted molar refractivity (Wildman–Crippen MR) is 43.8 cm³/mol. The standard InChI is InChI=1S/C10H16/c1-7-4-5-8-6-9(7)10(8,2)3/h5,7,9H,4,6H2,1-3H3/t7?,9-/m0/s1. The lowest BCUT2D eigenvalue weighted by atomic mass is 9.51. The summed E-state index contributed by atoms with van der Waals surface area (Å²) < 4.78 is 0. The van der Waals surface area contributed by atoms with Crippen molar-refractivity contribution in [1.29, 1.82) is 0 Å². The summed E-state index contributed by atoms with van der Waals surface area (Å²) in [5, 5.41) is 0. The van der Waals surface area contributed by atoms with Gasteiger partial charge in [-0.2, -0.15) is 0 Å². The van der Waals surface area contributed by atoms with Crippen LogP contribution in [0.3, 0.4) is 0 Å². The monoisotopic (exact) mass is 136 g/mol. The molecule has 0 heterocycles. The van der Waals surface area contributed by atoms with Gasteiger partial charge >= 0.3 is 0 Å². The van der Waals surface area contributed by atoms with E-state index in [9.17, 15) is 0 Å². The second-order valence-electron chi connectivity index (χ2n) is 4.47. The van der Waals surface area contributed by atoms with Crippen LogP contribution < -0.4 is 0 Å². The quantitative estimate of drug-likeness (QED) is 0.449. The zero-order valence-corrected chi connectivity index (χ0v) is 7.15. The average Bonchev–Trinajstić information content (AvgIpc) is 1.87. The van der Waals surface area contributed by atoms with Gasteiger partial charge in [0.15, 0.2) is 0 Å². The Kier molecular flexibility index (Phi) is 1.07. The normalized spacial score (nSPS) is 42.1. The molecule has 0 amide bonds. The second-order valence-corrected chi connectivity index (χ2v) is 4.47. The van der Waals surface area contributed by atoms with E-state index in [0.29, 0.717) is 5.41 Å². The number of fused-ring (bicyclic) bond motifs is 2. The maximum absolute atomic E-state index is 2.46. The topological polar surface area (TPSA) is 0 Å². The van der Waals surface area contributed by atoms with Crippen LogP contribution in [0.15, 0.2) is 11.6 Å². The molecule has 0 N–H and O–H groups in total. The first-order chi connectivity index (χ1) is 4.62. The van der Waals surface area contributed by atoms with E-state index in [1.165, 1.54) is 12.8 Å². The Morgan fingerprint density at radius 2 is 2.20 bits per heavy atom. The highest BCUT2D eigenvalue weighted by atomic mass is 14.5. The molecule has 0 spiro atoms. The zero-order chi connectivity index (χ0) is 7.35. The Hall–Kier alpha value is -0.260. The molecule has 56 valence electrons. The van der Waals surface area contributed by atoms with Gasteiger partial charge < -0.3 is 0 Å². The van der Waals surface area contributed by atoms with E-state index in [1.54, 1.807) is 5.57 Å². The van der Waals surface area contributed by atoms with Gasteiger partial charge in [0, 0.05) is 0 Å². The fourth-order valence-corrected chi connectivity index (χ4v) is 2.61. The minimum absolute atomic E-state index is 0.567. The van der Waals surface area contributed by atoms with Gasteiger partial charge in [-0.25, -0.2) is 0 Å². The first kappa shape index (κ1) is 6.45. The van der Waals surface area contributed by atoms with E-state index in [2.05, 4.69) is 26.8 Å². The Balaban J connectivity index is 2.31. The summed E-state index contributed by atoms with van der Waals surface area (Å²) in [6.45, 7) is 7.17. The van der Waals surface area contributed by atoms with Crippen molar-refractivity contribution in [2.45, 2.75) is 33.6 Å². The van der Waals surface area contributed by atoms with Gasteiger partial charge in [-0.1, -0.05) is 32.4 Å². The van der Waals surface area contributed by atoms with Crippen LogP contribution in [0.25, 0.3) is 0 Å². The van der Waals surface area contributed by atoms with E-state index in [1.807, 2.05) is 0 Å². The molecule has 0 radical (unpaired) electrons. The van der Waals surface area contributed by atoms with Crippen molar-refractivity contribution in [3.8, 4) is 0 Å². The highest BCUT2D eigenvalue weighted by Gasteiger charge is 2.47. The van der Waals surface area contributed by atoms with Gasteiger partial charge in [0.25, 0.3) is 0 Å². The molecule has 2 atom stereocenters. The van der Waals surface area contributed by atoms with Crippen LogP contribution in [-0.4, -0.2) is 0 Å². The predicted octanol–water partition coefficient (Wildman–Crippen LogP) is 3.00. The number of hydrogen-bond donors (Lipinski definition) is 0. The lowest BCUT2D eigenvalue weighted by Crippen LogP contribution is -2.44. The molecular weight excluding hydrogens is 120 g/mol. The SMILES string of the molecule is CC1CC=C2C[C@@H]1C2(C)C. The summed E-state index contributed by atoms with van der Waals surface area (Å²) in [5.41, 5.74) is 2.29. The molecule has 0 aromatic rings. The molecule has 0 saturated heterocycles. The molecule has 0 aromatic carbocycles. The summed E-state index contributed by atoms with van der Waals surface area (Å²) in [7, 11) is 0. The van der Waals surface area contributed by atoms with Crippen LogP contribution in [-0.2, 0) is 0 Å². The van der Waals surface area contributed by atoms with Gasteiger partial charge in [0.05, 0.1) is 0 Å². The van der Waals surface area contributed by atoms with Crippen molar-refractivity contribution in [3.05, 3.63) is 11.6 Å². The van der Waals surface area contributed by atoms with Gasteiger partial charge in [0.2, 0.25) is 0 Å². The number of rotatable bonds is 0. The van der Waals surface area contributed by atoms with Gasteiger partial charge in [-0.05, 0) is 30.1 Å². The second kappa shape index (κ2) is 1.66. The van der Waals surface area contributed by atoms with Crippen molar-refractivity contribution < 1.29 is 0 Å². The van der Waals surface area contributed by atoms with Crippen molar-refractivity contribution in [2.75, 3.05) is 0 Å². The fraction of sp³-hybridized carbons (Fsp3) is 0.800. The molecule has 3 rings (SSSR count). The van der Waals surface area contributed by atoms with Crippen LogP contribution >= 0.6 is 0 Å². The molecule has 2 bridgehead atoms. The third-order valence-electron chi connectivity index (χ3n) is 3.62. The number of hydrogen-bond acceptors (Lipinski definition) is 0. The largest absolute Gasteiger partial charge is 0.0845 e. The number of allylic oxidation sites excluding steroid dienone is 2. The molecule has 3 aliphatic rings. The zero-order valence-electron chi connectivity index (χ0n) is 7.15. The highest BCUT2D eigenvalue weighted by molar-refractivity contribution is 5.28. The summed E-state index contributed by atoms with van der Waals surface area (Å²) in [6, 6.07) is 0. The maximum Gasteiger partial charge on any atom is -0.0111 e. The summed E-state index contributed by atoms with van der Waals surface area (Å²) in [4.78, 5) is 0. The lowest BCUT2D eigenvalue weighted by Gasteiger charge is -2.54. The van der Waals surface area contributed by atoms with Gasteiger partial charge in [-0.3, -0.25) is 0 Å². The molecule has 0 nitrogen and oxygen atoms in total. The summed E-state index contributed by atoms with van der Waals surface area (Å²) in [6.07, 6.45) is 5.20. The minimum atomic E-state index is 0.567. The van der Waals surface area contributed by atoms with Gasteiger partial charge in [-0.15, -0.1) is 0 Å². The van der Waals surface area contributed by atoms with Crippen LogP contribution in [0.5, 0.6) is 0 Å². The van der Waals surface area contributed by atoms with Crippen LogP contribution in [0.4, 0.5) is 0 Å². The highest BCUT2D eigenvalue weighted by Crippen LogP contribution is 2.58. The first-order valence-electron chi connectivity index (χ1n) is 4.32. The first-order valence-corrected chi connectivity index (χ1v) is 4.32. The third-order valence-corrected chi connectivity index (χ3v) is 3.62. The average molecular weight is 136 g/mol.